The fraction of sp³-hybridized carbons (Fsp3) is 0.238. The second-order valence-electron chi connectivity index (χ2n) is 7.28. The third-order valence-corrected chi connectivity index (χ3v) is 4.89. The predicted octanol–water partition coefficient (Wildman–Crippen LogP) is 4.21. The molecule has 34 heavy (non-hydrogen) atoms. The monoisotopic (exact) mass is 482 g/mol. The quantitative estimate of drug-likeness (QED) is 0.316. The minimum absolute atomic E-state index is 0.106. The molecule has 0 saturated heterocycles. The molecule has 0 fully saturated rings. The highest BCUT2D eigenvalue weighted by molar-refractivity contribution is 5.93. The Morgan fingerprint density at radius 2 is 1.79 bits per heavy atom. The van der Waals surface area contributed by atoms with Gasteiger partial charge in [0.1, 0.15) is 11.5 Å². The Balaban J connectivity index is 1.67. The molecule has 4 aromatic rings. The molecular formula is C21H16F6N6O. The summed E-state index contributed by atoms with van der Waals surface area (Å²) in [7, 11) is 0. The topological polar surface area (TPSA) is 77.1 Å². The van der Waals surface area contributed by atoms with Crippen molar-refractivity contribution in [1.82, 2.24) is 29.7 Å². The first-order chi connectivity index (χ1) is 16.1. The fourth-order valence-corrected chi connectivity index (χ4v) is 3.19. The minimum Gasteiger partial charge on any atom is -0.351 e. The molecule has 0 saturated carbocycles. The standard InChI is InChI=1S/C21H16F6N6O/c22-14-5-3-13(4-6-14)15-11-17(20(23,24)21(25,26)27)33-18(30-15)12-16(31-33)19(34)28-7-1-9-32-10-2-8-29-32/h2-6,8,10-12H,1,7,9H2,(H,28,34). The van der Waals surface area contributed by atoms with Crippen LogP contribution in [0.2, 0.25) is 0 Å². The average molecular weight is 482 g/mol. The Hall–Kier alpha value is -3.90. The molecule has 1 aromatic carbocycles. The van der Waals surface area contributed by atoms with Gasteiger partial charge in [-0.05, 0) is 42.8 Å². The van der Waals surface area contributed by atoms with Crippen molar-refractivity contribution in [3.05, 3.63) is 72.1 Å². The molecule has 1 amide bonds. The van der Waals surface area contributed by atoms with Crippen molar-refractivity contribution in [2.45, 2.75) is 25.1 Å². The van der Waals surface area contributed by atoms with E-state index in [9.17, 15) is 31.1 Å². The number of hydrogen-bond acceptors (Lipinski definition) is 4. The number of fused-ring (bicyclic) bond motifs is 1. The van der Waals surface area contributed by atoms with Crippen LogP contribution in [-0.4, -0.2) is 43.0 Å². The average Bonchev–Trinajstić information content (AvgIpc) is 3.45. The fourth-order valence-electron chi connectivity index (χ4n) is 3.19. The number of nitrogens with zero attached hydrogens (tertiary/aromatic N) is 5. The van der Waals surface area contributed by atoms with Gasteiger partial charge in [0.05, 0.1) is 5.69 Å². The summed E-state index contributed by atoms with van der Waals surface area (Å²) in [5.41, 5.74) is -2.47. The van der Waals surface area contributed by atoms with Crippen LogP contribution in [0.3, 0.4) is 0 Å². The van der Waals surface area contributed by atoms with E-state index in [1.807, 2.05) is 0 Å². The molecule has 0 spiro atoms. The van der Waals surface area contributed by atoms with Gasteiger partial charge in [-0.25, -0.2) is 13.9 Å². The van der Waals surface area contributed by atoms with E-state index in [1.54, 1.807) is 23.1 Å². The molecule has 0 aliphatic heterocycles. The van der Waals surface area contributed by atoms with E-state index < -0.39 is 35.2 Å². The number of aryl methyl sites for hydroxylation is 1. The number of halogens is 6. The number of aromatic nitrogens is 5. The van der Waals surface area contributed by atoms with E-state index in [1.165, 1.54) is 12.1 Å². The molecule has 7 nitrogen and oxygen atoms in total. The van der Waals surface area contributed by atoms with Crippen LogP contribution in [0.25, 0.3) is 16.9 Å². The second-order valence-corrected chi connectivity index (χ2v) is 7.28. The Morgan fingerprint density at radius 3 is 2.44 bits per heavy atom. The lowest BCUT2D eigenvalue weighted by Crippen LogP contribution is -2.36. The van der Waals surface area contributed by atoms with Crippen LogP contribution in [-0.2, 0) is 12.5 Å². The zero-order chi connectivity index (χ0) is 24.5. The van der Waals surface area contributed by atoms with Crippen LogP contribution in [0.5, 0.6) is 0 Å². The maximum Gasteiger partial charge on any atom is 0.459 e. The van der Waals surface area contributed by atoms with Crippen LogP contribution in [0.15, 0.2) is 54.9 Å². The number of carbonyl (C=O) groups excluding carboxylic acids is 1. The van der Waals surface area contributed by atoms with Gasteiger partial charge >= 0.3 is 12.1 Å². The molecule has 13 heteroatoms. The van der Waals surface area contributed by atoms with E-state index in [2.05, 4.69) is 20.5 Å². The van der Waals surface area contributed by atoms with E-state index in [4.69, 9.17) is 0 Å². The maximum atomic E-state index is 14.4. The Labute approximate surface area is 188 Å². The first kappa shape index (κ1) is 23.3. The van der Waals surface area contributed by atoms with Crippen molar-refractivity contribution in [2.24, 2.45) is 0 Å². The Bertz CT molecular complexity index is 1300. The second kappa shape index (κ2) is 8.80. The third-order valence-electron chi connectivity index (χ3n) is 4.89. The molecule has 0 radical (unpaired) electrons. The van der Waals surface area contributed by atoms with E-state index in [-0.39, 0.29) is 23.5 Å². The van der Waals surface area contributed by atoms with E-state index in [0.717, 1.165) is 18.2 Å². The first-order valence-corrected chi connectivity index (χ1v) is 9.93. The van der Waals surface area contributed by atoms with E-state index in [0.29, 0.717) is 23.5 Å². The molecule has 0 bridgehead atoms. The maximum absolute atomic E-state index is 14.4. The number of benzene rings is 1. The predicted molar refractivity (Wildman–Crippen MR) is 108 cm³/mol. The molecule has 178 valence electrons. The highest BCUT2D eigenvalue weighted by Crippen LogP contribution is 2.44. The number of hydrogen-bond donors (Lipinski definition) is 1. The van der Waals surface area contributed by atoms with E-state index >= 15 is 0 Å². The van der Waals surface area contributed by atoms with Crippen LogP contribution < -0.4 is 5.32 Å². The molecule has 1 N–H and O–H groups in total. The van der Waals surface area contributed by atoms with Crippen molar-refractivity contribution < 1.29 is 31.1 Å². The lowest BCUT2D eigenvalue weighted by molar-refractivity contribution is -0.291. The van der Waals surface area contributed by atoms with Gasteiger partial charge in [-0.3, -0.25) is 9.48 Å². The molecule has 0 aliphatic rings. The van der Waals surface area contributed by atoms with Gasteiger partial charge in [-0.15, -0.1) is 0 Å². The summed E-state index contributed by atoms with van der Waals surface area (Å²) in [6.45, 7) is 0.690. The van der Waals surface area contributed by atoms with Crippen LogP contribution >= 0.6 is 0 Å². The van der Waals surface area contributed by atoms with Gasteiger partial charge in [0, 0.05) is 37.1 Å². The number of amides is 1. The summed E-state index contributed by atoms with van der Waals surface area (Å²) < 4.78 is 83.4. The Morgan fingerprint density at radius 1 is 1.06 bits per heavy atom. The van der Waals surface area contributed by atoms with Gasteiger partial charge in [0.25, 0.3) is 5.91 Å². The zero-order valence-corrected chi connectivity index (χ0v) is 17.2. The third kappa shape index (κ3) is 4.58. The molecular weight excluding hydrogens is 466 g/mol. The summed E-state index contributed by atoms with van der Waals surface area (Å²) in [5.74, 6) is -6.69. The van der Waals surface area contributed by atoms with Gasteiger partial charge in [0.15, 0.2) is 11.3 Å². The molecule has 4 rings (SSSR count). The van der Waals surface area contributed by atoms with Crippen LogP contribution in [0.4, 0.5) is 26.3 Å². The number of rotatable bonds is 7. The lowest BCUT2D eigenvalue weighted by Gasteiger charge is -2.21. The molecule has 0 atom stereocenters. The molecule has 3 aromatic heterocycles. The summed E-state index contributed by atoms with van der Waals surface area (Å²) in [5, 5.41) is 10.2. The van der Waals surface area contributed by atoms with Gasteiger partial charge in [-0.2, -0.15) is 32.1 Å². The van der Waals surface area contributed by atoms with Gasteiger partial charge < -0.3 is 5.32 Å². The van der Waals surface area contributed by atoms with Gasteiger partial charge in [0.2, 0.25) is 0 Å². The number of carbonyl (C=O) groups is 1. The minimum atomic E-state index is -5.93. The van der Waals surface area contributed by atoms with Crippen molar-refractivity contribution in [2.75, 3.05) is 6.54 Å². The Kier molecular flexibility index (Phi) is 6.02. The highest BCUT2D eigenvalue weighted by Gasteiger charge is 2.60. The number of nitrogens with one attached hydrogen (secondary N) is 1. The highest BCUT2D eigenvalue weighted by atomic mass is 19.4. The largest absolute Gasteiger partial charge is 0.459 e. The lowest BCUT2D eigenvalue weighted by atomic mass is 10.1. The van der Waals surface area contributed by atoms with Crippen molar-refractivity contribution in [3.63, 3.8) is 0 Å². The van der Waals surface area contributed by atoms with Crippen molar-refractivity contribution in [1.29, 1.82) is 0 Å². The molecule has 3 heterocycles. The van der Waals surface area contributed by atoms with Crippen LogP contribution in [0.1, 0.15) is 22.6 Å². The first-order valence-electron chi connectivity index (χ1n) is 9.93. The summed E-state index contributed by atoms with van der Waals surface area (Å²) in [6, 6.07) is 7.66. The molecule has 0 unspecified atom stereocenters. The SMILES string of the molecule is O=C(NCCCn1cccn1)c1cc2nc(-c3ccc(F)cc3)cc(C(F)(F)C(F)(F)F)n2n1. The molecule has 0 aliphatic carbocycles. The zero-order valence-electron chi connectivity index (χ0n) is 17.2. The number of alkyl halides is 5. The van der Waals surface area contributed by atoms with Crippen LogP contribution in [0, 0.1) is 5.82 Å². The smallest absolute Gasteiger partial charge is 0.351 e. The normalized spacial score (nSPS) is 12.3. The van der Waals surface area contributed by atoms with Crippen molar-refractivity contribution >= 4 is 11.6 Å². The summed E-state index contributed by atoms with van der Waals surface area (Å²) in [4.78, 5) is 16.5. The summed E-state index contributed by atoms with van der Waals surface area (Å²) >= 11 is 0. The summed E-state index contributed by atoms with van der Waals surface area (Å²) in [6.07, 6.45) is -2.11. The van der Waals surface area contributed by atoms with Gasteiger partial charge in [-0.1, -0.05) is 0 Å². The van der Waals surface area contributed by atoms with Crippen molar-refractivity contribution in [3.8, 4) is 11.3 Å².